The lowest BCUT2D eigenvalue weighted by Crippen LogP contribution is -2.33. The topological polar surface area (TPSA) is 57.6 Å². The van der Waals surface area contributed by atoms with Gasteiger partial charge in [0, 0.05) is 31.6 Å². The molecule has 0 unspecified atom stereocenters. The number of carboxylic acids is 1. The monoisotopic (exact) mass is 233 g/mol. The first-order chi connectivity index (χ1) is 8.15. The lowest BCUT2D eigenvalue weighted by Gasteiger charge is -2.28. The Hall–Kier alpha value is -1.84. The summed E-state index contributed by atoms with van der Waals surface area (Å²) in [5.41, 5.74) is 1.86. The molecule has 4 heteroatoms. The molecule has 0 aromatic heterocycles. The number of benzene rings is 1. The molecule has 0 aliphatic carbocycles. The first-order valence-electron chi connectivity index (χ1n) is 5.72. The van der Waals surface area contributed by atoms with Gasteiger partial charge >= 0.3 is 5.97 Å². The van der Waals surface area contributed by atoms with Crippen molar-refractivity contribution in [3.05, 3.63) is 29.8 Å². The lowest BCUT2D eigenvalue weighted by molar-refractivity contribution is -0.136. The molecule has 0 saturated carbocycles. The molecule has 1 aromatic rings. The number of piperidine rings is 1. The van der Waals surface area contributed by atoms with E-state index >= 15 is 0 Å². The average Bonchev–Trinajstić information content (AvgIpc) is 2.30. The van der Waals surface area contributed by atoms with E-state index in [0.717, 1.165) is 24.3 Å². The maximum atomic E-state index is 11.1. The van der Waals surface area contributed by atoms with Crippen molar-refractivity contribution >= 4 is 17.4 Å². The second kappa shape index (κ2) is 4.99. The Labute approximate surface area is 99.9 Å². The van der Waals surface area contributed by atoms with Gasteiger partial charge in [-0.2, -0.15) is 0 Å². The van der Waals surface area contributed by atoms with Crippen LogP contribution in [0.1, 0.15) is 18.4 Å². The van der Waals surface area contributed by atoms with Gasteiger partial charge < -0.3 is 10.0 Å². The zero-order chi connectivity index (χ0) is 12.3. The maximum Gasteiger partial charge on any atom is 0.307 e. The fourth-order valence-corrected chi connectivity index (χ4v) is 2.01. The molecule has 0 spiro atoms. The third-order valence-corrected chi connectivity index (χ3v) is 2.98. The van der Waals surface area contributed by atoms with Gasteiger partial charge in [0.15, 0.2) is 0 Å². The van der Waals surface area contributed by atoms with Gasteiger partial charge in [0.25, 0.3) is 0 Å². The molecule has 2 rings (SSSR count). The number of hydrogen-bond acceptors (Lipinski definition) is 3. The van der Waals surface area contributed by atoms with Gasteiger partial charge in [-0.05, 0) is 17.7 Å². The predicted molar refractivity (Wildman–Crippen MR) is 64.2 cm³/mol. The van der Waals surface area contributed by atoms with Crippen LogP contribution in [0.15, 0.2) is 24.3 Å². The van der Waals surface area contributed by atoms with Gasteiger partial charge in [0.05, 0.1) is 6.42 Å². The summed E-state index contributed by atoms with van der Waals surface area (Å²) in [6.07, 6.45) is 1.27. The summed E-state index contributed by atoms with van der Waals surface area (Å²) in [5.74, 6) is -0.495. The zero-order valence-electron chi connectivity index (χ0n) is 9.56. The molecule has 1 aromatic carbocycles. The Kier molecular flexibility index (Phi) is 3.42. The molecule has 1 heterocycles. The van der Waals surface area contributed by atoms with Crippen molar-refractivity contribution in [3.8, 4) is 0 Å². The van der Waals surface area contributed by atoms with Crippen LogP contribution >= 0.6 is 0 Å². The lowest BCUT2D eigenvalue weighted by atomic mass is 10.1. The minimum atomic E-state index is -0.818. The molecule has 0 amide bonds. The number of carbonyl (C=O) groups is 2. The first kappa shape index (κ1) is 11.6. The zero-order valence-corrected chi connectivity index (χ0v) is 9.56. The van der Waals surface area contributed by atoms with Gasteiger partial charge in [-0.15, -0.1) is 0 Å². The van der Waals surface area contributed by atoms with Crippen molar-refractivity contribution in [3.63, 3.8) is 0 Å². The van der Waals surface area contributed by atoms with E-state index in [2.05, 4.69) is 4.90 Å². The predicted octanol–water partition coefficient (Wildman–Crippen LogP) is 1.48. The molecule has 0 radical (unpaired) electrons. The number of Topliss-reactive ketones (excluding diaryl/α,β-unsaturated/α-hetero) is 1. The van der Waals surface area contributed by atoms with E-state index in [1.54, 1.807) is 0 Å². The molecule has 1 aliphatic rings. The van der Waals surface area contributed by atoms with Gasteiger partial charge in [-0.1, -0.05) is 12.1 Å². The number of carbonyl (C=O) groups excluding carboxylic acids is 1. The van der Waals surface area contributed by atoms with E-state index in [9.17, 15) is 9.59 Å². The highest BCUT2D eigenvalue weighted by molar-refractivity contribution is 5.81. The van der Waals surface area contributed by atoms with Crippen LogP contribution in [0.3, 0.4) is 0 Å². The van der Waals surface area contributed by atoms with Crippen molar-refractivity contribution in [2.24, 2.45) is 0 Å². The molecule has 90 valence electrons. The van der Waals surface area contributed by atoms with E-state index < -0.39 is 5.97 Å². The van der Waals surface area contributed by atoms with Crippen LogP contribution in [0.2, 0.25) is 0 Å². The van der Waals surface area contributed by atoms with E-state index in [-0.39, 0.29) is 6.42 Å². The fourth-order valence-electron chi connectivity index (χ4n) is 2.01. The summed E-state index contributed by atoms with van der Waals surface area (Å²) in [5, 5.41) is 8.67. The highest BCUT2D eigenvalue weighted by Gasteiger charge is 2.16. The number of aliphatic carboxylic acids is 1. The van der Waals surface area contributed by atoms with Crippen molar-refractivity contribution in [1.82, 2.24) is 0 Å². The number of rotatable bonds is 3. The van der Waals surface area contributed by atoms with Crippen LogP contribution in [-0.4, -0.2) is 29.9 Å². The molecular weight excluding hydrogens is 218 g/mol. The number of anilines is 1. The number of carboxylic acid groups (broad SMARTS) is 1. The van der Waals surface area contributed by atoms with Crippen LogP contribution in [0.4, 0.5) is 5.69 Å². The van der Waals surface area contributed by atoms with Crippen molar-refractivity contribution in [2.75, 3.05) is 18.0 Å². The van der Waals surface area contributed by atoms with Crippen LogP contribution in [0.5, 0.6) is 0 Å². The minimum Gasteiger partial charge on any atom is -0.481 e. The third-order valence-electron chi connectivity index (χ3n) is 2.98. The van der Waals surface area contributed by atoms with E-state index in [4.69, 9.17) is 5.11 Å². The SMILES string of the molecule is O=C(O)Cc1ccc(N2CCC(=O)CC2)cc1. The Bertz CT molecular complexity index is 415. The summed E-state index contributed by atoms with van der Waals surface area (Å²) in [6, 6.07) is 7.52. The summed E-state index contributed by atoms with van der Waals surface area (Å²) in [7, 11) is 0. The second-order valence-corrected chi connectivity index (χ2v) is 4.26. The van der Waals surface area contributed by atoms with Crippen molar-refractivity contribution in [1.29, 1.82) is 0 Å². The van der Waals surface area contributed by atoms with Crippen LogP contribution in [-0.2, 0) is 16.0 Å². The molecule has 0 bridgehead atoms. The van der Waals surface area contributed by atoms with E-state index in [1.165, 1.54) is 0 Å². The summed E-state index contributed by atoms with van der Waals surface area (Å²) in [6.45, 7) is 1.52. The Morgan fingerprint density at radius 1 is 1.18 bits per heavy atom. The molecule has 1 saturated heterocycles. The number of ketones is 1. The van der Waals surface area contributed by atoms with Crippen LogP contribution in [0, 0.1) is 0 Å². The van der Waals surface area contributed by atoms with Gasteiger partial charge in [-0.25, -0.2) is 0 Å². The standard InChI is InChI=1S/C13H15NO3/c15-12-5-7-14(8-6-12)11-3-1-10(2-4-11)9-13(16)17/h1-4H,5-9H2,(H,16,17). The molecule has 17 heavy (non-hydrogen) atoms. The Balaban J connectivity index is 2.02. The fraction of sp³-hybridized carbons (Fsp3) is 0.385. The Morgan fingerprint density at radius 3 is 2.29 bits per heavy atom. The van der Waals surface area contributed by atoms with Gasteiger partial charge in [0.2, 0.25) is 0 Å². The maximum absolute atomic E-state index is 11.1. The molecule has 1 N–H and O–H groups in total. The third kappa shape index (κ3) is 3.06. The van der Waals surface area contributed by atoms with E-state index in [0.29, 0.717) is 18.6 Å². The van der Waals surface area contributed by atoms with Gasteiger partial charge in [-0.3, -0.25) is 9.59 Å². The number of nitrogens with zero attached hydrogens (tertiary/aromatic N) is 1. The smallest absolute Gasteiger partial charge is 0.307 e. The minimum absolute atomic E-state index is 0.0543. The normalized spacial score (nSPS) is 16.0. The van der Waals surface area contributed by atoms with Gasteiger partial charge in [0.1, 0.15) is 5.78 Å². The highest BCUT2D eigenvalue weighted by Crippen LogP contribution is 2.19. The molecule has 1 fully saturated rings. The largest absolute Gasteiger partial charge is 0.481 e. The van der Waals surface area contributed by atoms with E-state index in [1.807, 2.05) is 24.3 Å². The average molecular weight is 233 g/mol. The molecular formula is C13H15NO3. The number of hydrogen-bond donors (Lipinski definition) is 1. The van der Waals surface area contributed by atoms with Crippen molar-refractivity contribution in [2.45, 2.75) is 19.3 Å². The van der Waals surface area contributed by atoms with Crippen molar-refractivity contribution < 1.29 is 14.7 Å². The Morgan fingerprint density at radius 2 is 1.76 bits per heavy atom. The molecule has 1 aliphatic heterocycles. The van der Waals surface area contributed by atoms with Crippen LogP contribution < -0.4 is 4.90 Å². The summed E-state index contributed by atoms with van der Waals surface area (Å²) < 4.78 is 0. The quantitative estimate of drug-likeness (QED) is 0.859. The molecule has 4 nitrogen and oxygen atoms in total. The van der Waals surface area contributed by atoms with Crippen LogP contribution in [0.25, 0.3) is 0 Å². The second-order valence-electron chi connectivity index (χ2n) is 4.26. The summed E-state index contributed by atoms with van der Waals surface area (Å²) in [4.78, 5) is 23.8. The molecule has 0 atom stereocenters. The first-order valence-corrected chi connectivity index (χ1v) is 5.72. The summed E-state index contributed by atoms with van der Waals surface area (Å²) >= 11 is 0. The highest BCUT2D eigenvalue weighted by atomic mass is 16.4.